The highest BCUT2D eigenvalue weighted by Crippen LogP contribution is 2.30. The van der Waals surface area contributed by atoms with Gasteiger partial charge in [0.2, 0.25) is 5.88 Å². The summed E-state index contributed by atoms with van der Waals surface area (Å²) in [4.78, 5) is 10.8. The van der Waals surface area contributed by atoms with Crippen LogP contribution in [0.1, 0.15) is 24.8 Å². The van der Waals surface area contributed by atoms with Crippen LogP contribution < -0.4 is 15.8 Å². The maximum atomic E-state index is 6.17. The first-order valence-corrected chi connectivity index (χ1v) is 9.02. The first-order chi connectivity index (χ1) is 12.1. The molecule has 1 saturated heterocycles. The minimum atomic E-state index is 0.345. The van der Waals surface area contributed by atoms with Gasteiger partial charge in [0, 0.05) is 18.1 Å². The van der Waals surface area contributed by atoms with Crippen molar-refractivity contribution in [1.82, 2.24) is 14.9 Å². The number of anilines is 2. The van der Waals surface area contributed by atoms with E-state index in [1.807, 2.05) is 13.0 Å². The summed E-state index contributed by atoms with van der Waals surface area (Å²) < 4.78 is 5.80. The fourth-order valence-electron chi connectivity index (χ4n) is 2.91. The molecule has 0 atom stereocenters. The van der Waals surface area contributed by atoms with Gasteiger partial charge in [-0.05, 0) is 56.6 Å². The monoisotopic (exact) mass is 361 g/mol. The predicted molar refractivity (Wildman–Crippen MR) is 101 cm³/mol. The molecule has 2 heterocycles. The first-order valence-electron chi connectivity index (χ1n) is 8.64. The third-order valence-corrected chi connectivity index (χ3v) is 4.78. The van der Waals surface area contributed by atoms with Crippen LogP contribution >= 0.6 is 11.6 Å². The summed E-state index contributed by atoms with van der Waals surface area (Å²) >= 11 is 6.04. The van der Waals surface area contributed by atoms with Crippen molar-refractivity contribution >= 4 is 23.1 Å². The molecule has 0 aliphatic carbocycles. The molecule has 0 bridgehead atoms. The number of nitrogens with one attached hydrogen (secondary N) is 1. The third-order valence-electron chi connectivity index (χ3n) is 4.36. The van der Waals surface area contributed by atoms with Crippen LogP contribution in [0.3, 0.4) is 0 Å². The molecule has 1 aromatic carbocycles. The molecule has 25 heavy (non-hydrogen) atoms. The molecule has 6 nitrogen and oxygen atoms in total. The third kappa shape index (κ3) is 4.74. The molecule has 3 rings (SSSR count). The summed E-state index contributed by atoms with van der Waals surface area (Å²) in [6, 6.07) is 5.44. The number of halogens is 1. The second-order valence-electron chi connectivity index (χ2n) is 6.28. The maximum Gasteiger partial charge on any atom is 0.248 e. The summed E-state index contributed by atoms with van der Waals surface area (Å²) in [5.41, 5.74) is 7.51. The van der Waals surface area contributed by atoms with Crippen molar-refractivity contribution in [2.24, 2.45) is 0 Å². The van der Waals surface area contributed by atoms with E-state index in [-0.39, 0.29) is 0 Å². The summed E-state index contributed by atoms with van der Waals surface area (Å²) in [5, 5.41) is 3.99. The van der Waals surface area contributed by atoms with E-state index in [0.717, 1.165) is 18.7 Å². The van der Waals surface area contributed by atoms with Crippen LogP contribution in [0, 0.1) is 6.92 Å². The number of hydrogen-bond acceptors (Lipinski definition) is 6. The number of aryl methyl sites for hydroxylation is 1. The van der Waals surface area contributed by atoms with E-state index in [0.29, 0.717) is 28.2 Å². The van der Waals surface area contributed by atoms with Crippen LogP contribution in [0.15, 0.2) is 24.5 Å². The molecule has 7 heteroatoms. The Labute approximate surface area is 153 Å². The average molecular weight is 362 g/mol. The van der Waals surface area contributed by atoms with Crippen molar-refractivity contribution in [2.75, 3.05) is 37.2 Å². The van der Waals surface area contributed by atoms with Gasteiger partial charge in [-0.3, -0.25) is 0 Å². The zero-order valence-electron chi connectivity index (χ0n) is 14.5. The maximum absolute atomic E-state index is 6.17. The van der Waals surface area contributed by atoms with Crippen molar-refractivity contribution in [2.45, 2.75) is 26.2 Å². The Morgan fingerprint density at radius 3 is 2.80 bits per heavy atom. The number of benzene rings is 1. The Morgan fingerprint density at radius 2 is 2.04 bits per heavy atom. The number of piperidine rings is 1. The number of nitrogen functional groups attached to an aromatic ring is 1. The van der Waals surface area contributed by atoms with Gasteiger partial charge >= 0.3 is 0 Å². The topological polar surface area (TPSA) is 76.3 Å². The first kappa shape index (κ1) is 17.8. The molecule has 0 saturated carbocycles. The predicted octanol–water partition coefficient (Wildman–Crippen LogP) is 3.71. The number of aromatic nitrogens is 2. The summed E-state index contributed by atoms with van der Waals surface area (Å²) in [5.74, 6) is 1.59. The molecule has 3 N–H and O–H groups in total. The fourth-order valence-corrected chi connectivity index (χ4v) is 3.03. The number of ether oxygens (including phenoxy) is 1. The number of rotatable bonds is 6. The van der Waals surface area contributed by atoms with Gasteiger partial charge in [0.05, 0.1) is 0 Å². The number of nitrogens with two attached hydrogens (primary N) is 1. The molecule has 2 aromatic rings. The van der Waals surface area contributed by atoms with Crippen LogP contribution in [0.5, 0.6) is 11.6 Å². The average Bonchev–Trinajstić information content (AvgIpc) is 2.62. The Morgan fingerprint density at radius 1 is 1.24 bits per heavy atom. The molecular weight excluding hydrogens is 338 g/mol. The molecule has 0 spiro atoms. The quantitative estimate of drug-likeness (QED) is 0.816. The standard InChI is InChI=1S/C18H24ClN5O/c1-13-11-14(5-6-15(13)19)25-18-16(20)17(22-12-23-18)21-7-10-24-8-3-2-4-9-24/h5-6,11-12H,2-4,7-10,20H2,1H3,(H,21,22,23). The minimum absolute atomic E-state index is 0.345. The van der Waals surface area contributed by atoms with Crippen molar-refractivity contribution in [3.8, 4) is 11.6 Å². The Balaban J connectivity index is 1.61. The lowest BCUT2D eigenvalue weighted by Gasteiger charge is -2.26. The van der Waals surface area contributed by atoms with E-state index in [1.54, 1.807) is 12.1 Å². The summed E-state index contributed by atoms with van der Waals surface area (Å²) in [7, 11) is 0. The second-order valence-corrected chi connectivity index (χ2v) is 6.69. The molecular formula is C18H24ClN5O. The Bertz CT molecular complexity index is 719. The molecule has 0 radical (unpaired) electrons. The van der Waals surface area contributed by atoms with Crippen LogP contribution in [-0.2, 0) is 0 Å². The number of likely N-dealkylation sites (tertiary alicyclic amines) is 1. The van der Waals surface area contributed by atoms with E-state index in [4.69, 9.17) is 22.1 Å². The summed E-state index contributed by atoms with van der Waals surface area (Å²) in [6.07, 6.45) is 5.37. The van der Waals surface area contributed by atoms with Crippen LogP contribution in [0.25, 0.3) is 0 Å². The second kappa shape index (κ2) is 8.36. The van der Waals surface area contributed by atoms with Gasteiger partial charge < -0.3 is 20.7 Å². The number of nitrogens with zero attached hydrogens (tertiary/aromatic N) is 3. The molecule has 1 aliphatic rings. The van der Waals surface area contributed by atoms with Gasteiger partial charge in [-0.25, -0.2) is 4.98 Å². The van der Waals surface area contributed by atoms with Crippen molar-refractivity contribution in [1.29, 1.82) is 0 Å². The van der Waals surface area contributed by atoms with E-state index in [9.17, 15) is 0 Å². The molecule has 1 aromatic heterocycles. The normalized spacial score (nSPS) is 15.1. The zero-order chi connectivity index (χ0) is 17.6. The fraction of sp³-hybridized carbons (Fsp3) is 0.444. The SMILES string of the molecule is Cc1cc(Oc2ncnc(NCCN3CCCCC3)c2N)ccc1Cl. The summed E-state index contributed by atoms with van der Waals surface area (Å²) in [6.45, 7) is 6.04. The van der Waals surface area contributed by atoms with E-state index in [2.05, 4.69) is 20.2 Å². The lowest BCUT2D eigenvalue weighted by atomic mass is 10.1. The van der Waals surface area contributed by atoms with E-state index >= 15 is 0 Å². The van der Waals surface area contributed by atoms with Gasteiger partial charge in [-0.2, -0.15) is 4.98 Å². The van der Waals surface area contributed by atoms with Gasteiger partial charge in [-0.15, -0.1) is 0 Å². The van der Waals surface area contributed by atoms with Crippen molar-refractivity contribution < 1.29 is 4.74 Å². The molecule has 134 valence electrons. The van der Waals surface area contributed by atoms with Crippen molar-refractivity contribution in [3.63, 3.8) is 0 Å². The Hall–Kier alpha value is -2.05. The van der Waals surface area contributed by atoms with Crippen LogP contribution in [-0.4, -0.2) is 41.0 Å². The largest absolute Gasteiger partial charge is 0.437 e. The smallest absolute Gasteiger partial charge is 0.248 e. The van der Waals surface area contributed by atoms with E-state index in [1.165, 1.54) is 38.7 Å². The van der Waals surface area contributed by atoms with Crippen LogP contribution in [0.4, 0.5) is 11.5 Å². The molecule has 1 fully saturated rings. The zero-order valence-corrected chi connectivity index (χ0v) is 15.2. The van der Waals surface area contributed by atoms with Gasteiger partial charge in [0.15, 0.2) is 5.82 Å². The highest BCUT2D eigenvalue weighted by atomic mass is 35.5. The lowest BCUT2D eigenvalue weighted by Crippen LogP contribution is -2.33. The molecule has 1 aliphatic heterocycles. The molecule has 0 amide bonds. The highest BCUT2D eigenvalue weighted by Gasteiger charge is 2.12. The van der Waals surface area contributed by atoms with E-state index < -0.39 is 0 Å². The minimum Gasteiger partial charge on any atom is -0.437 e. The molecule has 0 unspecified atom stereocenters. The van der Waals surface area contributed by atoms with Gasteiger partial charge in [-0.1, -0.05) is 18.0 Å². The van der Waals surface area contributed by atoms with Crippen LogP contribution in [0.2, 0.25) is 5.02 Å². The highest BCUT2D eigenvalue weighted by molar-refractivity contribution is 6.31. The number of hydrogen-bond donors (Lipinski definition) is 2. The van der Waals surface area contributed by atoms with Crippen molar-refractivity contribution in [3.05, 3.63) is 35.1 Å². The Kier molecular flexibility index (Phi) is 5.94. The van der Waals surface area contributed by atoms with Gasteiger partial charge in [0.1, 0.15) is 17.8 Å². The lowest BCUT2D eigenvalue weighted by molar-refractivity contribution is 0.237. The van der Waals surface area contributed by atoms with Gasteiger partial charge in [0.25, 0.3) is 0 Å².